The minimum Gasteiger partial charge on any atom is -0.494 e. The standard InChI is InChI=1S/C17H24ClNO2/c1-2-11-21-16-9-6-7-14(12-16)17(20)19-10-5-3-4-8-15(19)13-18/h6-7,9,12,15H,2-5,8,10-11,13H2,1H3. The maximum atomic E-state index is 12.8. The highest BCUT2D eigenvalue weighted by Gasteiger charge is 2.25. The van der Waals surface area contributed by atoms with Crippen LogP contribution in [0.5, 0.6) is 5.75 Å². The Bertz CT molecular complexity index is 464. The SMILES string of the molecule is CCCOc1cccc(C(=O)N2CCCCCC2CCl)c1. The number of nitrogens with zero attached hydrogens (tertiary/aromatic N) is 1. The minimum atomic E-state index is 0.0736. The minimum absolute atomic E-state index is 0.0736. The summed E-state index contributed by atoms with van der Waals surface area (Å²) in [6.07, 6.45) is 5.35. The van der Waals surface area contributed by atoms with Crippen LogP contribution in [0.1, 0.15) is 49.4 Å². The first kappa shape index (κ1) is 16.2. The highest BCUT2D eigenvalue weighted by molar-refractivity contribution is 6.18. The summed E-state index contributed by atoms with van der Waals surface area (Å²) in [4.78, 5) is 14.7. The molecule has 0 aromatic heterocycles. The lowest BCUT2D eigenvalue weighted by Gasteiger charge is -2.28. The first-order valence-electron chi connectivity index (χ1n) is 7.86. The molecule has 1 saturated heterocycles. The van der Waals surface area contributed by atoms with Crippen LogP contribution in [-0.2, 0) is 0 Å². The van der Waals surface area contributed by atoms with E-state index in [1.807, 2.05) is 29.2 Å². The third kappa shape index (κ3) is 4.37. The molecule has 1 unspecified atom stereocenters. The molecule has 1 fully saturated rings. The number of hydrogen-bond donors (Lipinski definition) is 0. The summed E-state index contributed by atoms with van der Waals surface area (Å²) in [7, 11) is 0. The van der Waals surface area contributed by atoms with Crippen LogP contribution in [-0.4, -0.2) is 35.9 Å². The molecule has 0 spiro atoms. The monoisotopic (exact) mass is 309 g/mol. The van der Waals surface area contributed by atoms with E-state index in [2.05, 4.69) is 6.92 Å². The zero-order valence-electron chi connectivity index (χ0n) is 12.7. The van der Waals surface area contributed by atoms with E-state index in [4.69, 9.17) is 16.3 Å². The molecule has 3 nitrogen and oxygen atoms in total. The van der Waals surface area contributed by atoms with Crippen LogP contribution in [0, 0.1) is 0 Å². The Hall–Kier alpha value is -1.22. The first-order chi connectivity index (χ1) is 10.3. The van der Waals surface area contributed by atoms with Gasteiger partial charge >= 0.3 is 0 Å². The number of hydrogen-bond acceptors (Lipinski definition) is 2. The molecule has 0 N–H and O–H groups in total. The van der Waals surface area contributed by atoms with Crippen LogP contribution in [0.25, 0.3) is 0 Å². The zero-order chi connectivity index (χ0) is 15.1. The zero-order valence-corrected chi connectivity index (χ0v) is 13.4. The largest absolute Gasteiger partial charge is 0.494 e. The second-order valence-corrected chi connectivity index (χ2v) is 5.84. The van der Waals surface area contributed by atoms with Gasteiger partial charge in [-0.15, -0.1) is 11.6 Å². The molecule has 0 bridgehead atoms. The van der Waals surface area contributed by atoms with Crippen LogP contribution in [0.15, 0.2) is 24.3 Å². The van der Waals surface area contributed by atoms with Crippen molar-refractivity contribution < 1.29 is 9.53 Å². The second-order valence-electron chi connectivity index (χ2n) is 5.53. The predicted octanol–water partition coefficient (Wildman–Crippen LogP) is 4.10. The lowest BCUT2D eigenvalue weighted by Crippen LogP contribution is -2.41. The van der Waals surface area contributed by atoms with Crippen molar-refractivity contribution in [2.45, 2.75) is 45.1 Å². The van der Waals surface area contributed by atoms with E-state index < -0.39 is 0 Å². The summed E-state index contributed by atoms with van der Waals surface area (Å²) in [5, 5.41) is 0. The average molecular weight is 310 g/mol. The fourth-order valence-electron chi connectivity index (χ4n) is 2.71. The third-order valence-electron chi connectivity index (χ3n) is 3.87. The Labute approximate surface area is 132 Å². The molecule has 0 aliphatic carbocycles. The van der Waals surface area contributed by atoms with Gasteiger partial charge in [0.1, 0.15) is 5.75 Å². The Morgan fingerprint density at radius 3 is 3.00 bits per heavy atom. The molecular formula is C17H24ClNO2. The van der Waals surface area contributed by atoms with Crippen molar-refractivity contribution in [3.8, 4) is 5.75 Å². The highest BCUT2D eigenvalue weighted by atomic mass is 35.5. The lowest BCUT2D eigenvalue weighted by atomic mass is 10.1. The van der Waals surface area contributed by atoms with Crippen molar-refractivity contribution in [1.82, 2.24) is 4.90 Å². The molecule has 0 radical (unpaired) electrons. The second kappa shape index (κ2) is 8.28. The number of benzene rings is 1. The molecule has 1 aromatic rings. The third-order valence-corrected chi connectivity index (χ3v) is 4.23. The van der Waals surface area contributed by atoms with Crippen LogP contribution in [0.4, 0.5) is 0 Å². The molecule has 4 heteroatoms. The lowest BCUT2D eigenvalue weighted by molar-refractivity contribution is 0.0700. The topological polar surface area (TPSA) is 29.5 Å². The van der Waals surface area contributed by atoms with Gasteiger partial charge in [-0.05, 0) is 37.5 Å². The smallest absolute Gasteiger partial charge is 0.254 e. The fourth-order valence-corrected chi connectivity index (χ4v) is 3.03. The summed E-state index contributed by atoms with van der Waals surface area (Å²) >= 11 is 6.06. The Morgan fingerprint density at radius 2 is 2.24 bits per heavy atom. The Kier molecular flexibility index (Phi) is 6.37. The molecule has 21 heavy (non-hydrogen) atoms. The molecule has 1 aliphatic heterocycles. The van der Waals surface area contributed by atoms with Gasteiger partial charge in [-0.25, -0.2) is 0 Å². The van der Waals surface area contributed by atoms with E-state index >= 15 is 0 Å². The first-order valence-corrected chi connectivity index (χ1v) is 8.39. The van der Waals surface area contributed by atoms with Crippen LogP contribution < -0.4 is 4.74 Å². The van der Waals surface area contributed by atoms with Crippen LogP contribution in [0.2, 0.25) is 0 Å². The predicted molar refractivity (Wildman–Crippen MR) is 86.2 cm³/mol. The molecule has 1 atom stereocenters. The van der Waals surface area contributed by atoms with Gasteiger partial charge in [0, 0.05) is 24.0 Å². The normalized spacial score (nSPS) is 19.1. The van der Waals surface area contributed by atoms with Crippen LogP contribution in [0.3, 0.4) is 0 Å². The van der Waals surface area contributed by atoms with Crippen molar-refractivity contribution in [2.24, 2.45) is 0 Å². The van der Waals surface area contributed by atoms with Crippen LogP contribution >= 0.6 is 11.6 Å². The number of amides is 1. The van der Waals surface area contributed by atoms with E-state index in [1.165, 1.54) is 6.42 Å². The molecule has 1 aromatic carbocycles. The molecule has 1 aliphatic rings. The quantitative estimate of drug-likeness (QED) is 0.766. The molecule has 1 heterocycles. The summed E-state index contributed by atoms with van der Waals surface area (Å²) < 4.78 is 5.61. The number of carbonyl (C=O) groups excluding carboxylic acids is 1. The molecule has 0 saturated carbocycles. The van der Waals surface area contributed by atoms with Gasteiger partial charge in [0.2, 0.25) is 0 Å². The van der Waals surface area contributed by atoms with Crippen molar-refractivity contribution in [3.05, 3.63) is 29.8 Å². The van der Waals surface area contributed by atoms with Gasteiger partial charge < -0.3 is 9.64 Å². The van der Waals surface area contributed by atoms with Gasteiger partial charge in [0.25, 0.3) is 5.91 Å². The molecule has 2 rings (SSSR count). The number of rotatable bonds is 5. The molecule has 116 valence electrons. The summed E-state index contributed by atoms with van der Waals surface area (Å²) in [5.74, 6) is 1.35. The number of alkyl halides is 1. The summed E-state index contributed by atoms with van der Waals surface area (Å²) in [5.41, 5.74) is 0.695. The maximum absolute atomic E-state index is 12.8. The Balaban J connectivity index is 2.13. The number of carbonyl (C=O) groups is 1. The van der Waals surface area contributed by atoms with Crippen molar-refractivity contribution >= 4 is 17.5 Å². The van der Waals surface area contributed by atoms with Gasteiger partial charge in [-0.2, -0.15) is 0 Å². The van der Waals surface area contributed by atoms with E-state index in [-0.39, 0.29) is 11.9 Å². The highest BCUT2D eigenvalue weighted by Crippen LogP contribution is 2.22. The number of ether oxygens (including phenoxy) is 1. The molecular weight excluding hydrogens is 286 g/mol. The van der Waals surface area contributed by atoms with Gasteiger partial charge in [0.15, 0.2) is 0 Å². The van der Waals surface area contributed by atoms with Gasteiger partial charge in [-0.3, -0.25) is 4.79 Å². The van der Waals surface area contributed by atoms with E-state index in [9.17, 15) is 4.79 Å². The summed E-state index contributed by atoms with van der Waals surface area (Å²) in [6, 6.07) is 7.63. The van der Waals surface area contributed by atoms with Gasteiger partial charge in [-0.1, -0.05) is 25.8 Å². The van der Waals surface area contributed by atoms with Crippen molar-refractivity contribution in [1.29, 1.82) is 0 Å². The average Bonchev–Trinajstić information content (AvgIpc) is 2.77. The number of likely N-dealkylation sites (tertiary alicyclic amines) is 1. The van der Waals surface area contributed by atoms with E-state index in [1.54, 1.807) is 0 Å². The van der Waals surface area contributed by atoms with Crippen molar-refractivity contribution in [2.75, 3.05) is 19.0 Å². The van der Waals surface area contributed by atoms with Crippen molar-refractivity contribution in [3.63, 3.8) is 0 Å². The van der Waals surface area contributed by atoms with Gasteiger partial charge in [0.05, 0.1) is 6.61 Å². The fraction of sp³-hybridized carbons (Fsp3) is 0.588. The van der Waals surface area contributed by atoms with E-state index in [0.29, 0.717) is 18.1 Å². The molecule has 1 amide bonds. The number of halogens is 1. The maximum Gasteiger partial charge on any atom is 0.254 e. The Morgan fingerprint density at radius 1 is 1.38 bits per heavy atom. The summed E-state index contributed by atoms with van der Waals surface area (Å²) in [6.45, 7) is 3.54. The van der Waals surface area contributed by atoms with E-state index in [0.717, 1.165) is 38.0 Å².